The average molecular weight is 322 g/mol. The monoisotopic (exact) mass is 322 g/mol. The second-order valence-corrected chi connectivity index (χ2v) is 5.64. The molecular formula is C16H23FN4O2. The summed E-state index contributed by atoms with van der Waals surface area (Å²) >= 11 is 0. The van der Waals surface area contributed by atoms with E-state index < -0.39 is 0 Å². The standard InChI is InChI=1S/C16H23FN4O2/c1-18-9-2-3-15(22)21-10-8-14(11-21)20-16(23)19-13-6-4-12(17)5-7-13/h4-7,14,18H,2-3,8-11H2,1H3,(H2,19,20,23). The van der Waals surface area contributed by atoms with Crippen LogP contribution in [0.2, 0.25) is 0 Å². The minimum Gasteiger partial charge on any atom is -0.341 e. The first-order valence-corrected chi connectivity index (χ1v) is 7.84. The highest BCUT2D eigenvalue weighted by Crippen LogP contribution is 2.12. The number of carbonyl (C=O) groups excluding carboxylic acids is 2. The van der Waals surface area contributed by atoms with Crippen LogP contribution in [0.25, 0.3) is 0 Å². The lowest BCUT2D eigenvalue weighted by molar-refractivity contribution is -0.130. The molecule has 0 bridgehead atoms. The third-order valence-corrected chi connectivity index (χ3v) is 3.80. The summed E-state index contributed by atoms with van der Waals surface area (Å²) in [5, 5.41) is 8.51. The maximum atomic E-state index is 12.8. The van der Waals surface area contributed by atoms with Crippen molar-refractivity contribution < 1.29 is 14.0 Å². The summed E-state index contributed by atoms with van der Waals surface area (Å²) in [5.74, 6) is -0.220. The van der Waals surface area contributed by atoms with Gasteiger partial charge in [0.05, 0.1) is 0 Å². The van der Waals surface area contributed by atoms with Crippen molar-refractivity contribution in [1.29, 1.82) is 0 Å². The summed E-state index contributed by atoms with van der Waals surface area (Å²) in [6, 6.07) is 5.19. The molecular weight excluding hydrogens is 299 g/mol. The molecule has 23 heavy (non-hydrogen) atoms. The second-order valence-electron chi connectivity index (χ2n) is 5.64. The average Bonchev–Trinajstić information content (AvgIpc) is 2.98. The number of likely N-dealkylation sites (tertiary alicyclic amines) is 1. The van der Waals surface area contributed by atoms with Gasteiger partial charge in [0.15, 0.2) is 0 Å². The highest BCUT2D eigenvalue weighted by molar-refractivity contribution is 5.89. The van der Waals surface area contributed by atoms with Gasteiger partial charge in [-0.2, -0.15) is 0 Å². The van der Waals surface area contributed by atoms with E-state index in [9.17, 15) is 14.0 Å². The first kappa shape index (κ1) is 17.2. The molecule has 1 aliphatic rings. The Morgan fingerprint density at radius 3 is 2.74 bits per heavy atom. The van der Waals surface area contributed by atoms with Crippen LogP contribution in [0.5, 0.6) is 0 Å². The smallest absolute Gasteiger partial charge is 0.319 e. The van der Waals surface area contributed by atoms with Crippen molar-refractivity contribution in [2.45, 2.75) is 25.3 Å². The van der Waals surface area contributed by atoms with E-state index in [0.717, 1.165) is 19.4 Å². The maximum Gasteiger partial charge on any atom is 0.319 e. The van der Waals surface area contributed by atoms with E-state index in [1.54, 1.807) is 4.90 Å². The number of halogens is 1. The maximum absolute atomic E-state index is 12.8. The van der Waals surface area contributed by atoms with E-state index in [4.69, 9.17) is 0 Å². The van der Waals surface area contributed by atoms with Crippen molar-refractivity contribution in [2.24, 2.45) is 0 Å². The highest BCUT2D eigenvalue weighted by atomic mass is 19.1. The molecule has 1 unspecified atom stereocenters. The van der Waals surface area contributed by atoms with Gasteiger partial charge < -0.3 is 20.9 Å². The Morgan fingerprint density at radius 1 is 1.30 bits per heavy atom. The fourth-order valence-corrected chi connectivity index (χ4v) is 2.56. The predicted octanol–water partition coefficient (Wildman–Crippen LogP) is 1.55. The first-order valence-electron chi connectivity index (χ1n) is 7.84. The van der Waals surface area contributed by atoms with Crippen molar-refractivity contribution >= 4 is 17.6 Å². The number of rotatable bonds is 6. The van der Waals surface area contributed by atoms with Crippen LogP contribution in [-0.4, -0.2) is 49.6 Å². The molecule has 0 spiro atoms. The van der Waals surface area contributed by atoms with Gasteiger partial charge in [-0.1, -0.05) is 0 Å². The molecule has 1 atom stereocenters. The van der Waals surface area contributed by atoms with Gasteiger partial charge in [-0.15, -0.1) is 0 Å². The second kappa shape index (κ2) is 8.47. The molecule has 1 aliphatic heterocycles. The molecule has 126 valence electrons. The number of amides is 3. The van der Waals surface area contributed by atoms with Crippen LogP contribution in [-0.2, 0) is 4.79 Å². The number of anilines is 1. The van der Waals surface area contributed by atoms with Gasteiger partial charge in [-0.05, 0) is 50.7 Å². The van der Waals surface area contributed by atoms with Gasteiger partial charge in [0, 0.05) is 31.2 Å². The van der Waals surface area contributed by atoms with Crippen molar-refractivity contribution in [2.75, 3.05) is 32.0 Å². The van der Waals surface area contributed by atoms with Crippen molar-refractivity contribution in [3.63, 3.8) is 0 Å². The number of hydrogen-bond acceptors (Lipinski definition) is 3. The molecule has 1 aromatic carbocycles. The number of urea groups is 1. The van der Waals surface area contributed by atoms with Crippen LogP contribution in [0.1, 0.15) is 19.3 Å². The fraction of sp³-hybridized carbons (Fsp3) is 0.500. The Balaban J connectivity index is 1.73. The van der Waals surface area contributed by atoms with E-state index in [1.807, 2.05) is 7.05 Å². The molecule has 0 saturated carbocycles. The summed E-state index contributed by atoms with van der Waals surface area (Å²) in [6.45, 7) is 2.02. The van der Waals surface area contributed by atoms with E-state index in [-0.39, 0.29) is 23.8 Å². The first-order chi connectivity index (χ1) is 11.1. The third-order valence-electron chi connectivity index (χ3n) is 3.80. The Bertz CT molecular complexity index is 535. The Kier molecular flexibility index (Phi) is 6.34. The zero-order chi connectivity index (χ0) is 16.7. The molecule has 6 nitrogen and oxygen atoms in total. The lowest BCUT2D eigenvalue weighted by Gasteiger charge is -2.17. The summed E-state index contributed by atoms with van der Waals surface area (Å²) in [7, 11) is 1.86. The molecule has 1 aromatic rings. The van der Waals surface area contributed by atoms with E-state index in [2.05, 4.69) is 16.0 Å². The lowest BCUT2D eigenvalue weighted by Crippen LogP contribution is -2.40. The Morgan fingerprint density at radius 2 is 2.04 bits per heavy atom. The SMILES string of the molecule is CNCCCC(=O)N1CCC(NC(=O)Nc2ccc(F)cc2)C1. The van der Waals surface area contributed by atoms with Crippen LogP contribution >= 0.6 is 0 Å². The van der Waals surface area contributed by atoms with E-state index in [0.29, 0.717) is 25.2 Å². The molecule has 3 N–H and O–H groups in total. The Labute approximate surface area is 135 Å². The lowest BCUT2D eigenvalue weighted by atomic mass is 10.2. The molecule has 7 heteroatoms. The molecule has 1 heterocycles. The van der Waals surface area contributed by atoms with E-state index in [1.165, 1.54) is 24.3 Å². The fourth-order valence-electron chi connectivity index (χ4n) is 2.56. The van der Waals surface area contributed by atoms with Gasteiger partial charge in [0.2, 0.25) is 5.91 Å². The zero-order valence-electron chi connectivity index (χ0n) is 13.3. The zero-order valence-corrected chi connectivity index (χ0v) is 13.3. The minimum atomic E-state index is -0.348. The predicted molar refractivity (Wildman–Crippen MR) is 86.7 cm³/mol. The summed E-state index contributed by atoms with van der Waals surface area (Å²) in [6.07, 6.45) is 2.08. The molecule has 0 radical (unpaired) electrons. The third kappa shape index (κ3) is 5.52. The number of hydrogen-bond donors (Lipinski definition) is 3. The summed E-state index contributed by atoms with van der Waals surface area (Å²) in [5.41, 5.74) is 0.530. The molecule has 1 saturated heterocycles. The Hall–Kier alpha value is -2.15. The van der Waals surface area contributed by atoms with Crippen molar-refractivity contribution in [1.82, 2.24) is 15.5 Å². The molecule has 0 aliphatic carbocycles. The van der Waals surface area contributed by atoms with Crippen LogP contribution < -0.4 is 16.0 Å². The molecule has 0 aromatic heterocycles. The normalized spacial score (nSPS) is 17.1. The van der Waals surface area contributed by atoms with Crippen LogP contribution in [0, 0.1) is 5.82 Å². The number of carbonyl (C=O) groups is 2. The quantitative estimate of drug-likeness (QED) is 0.696. The van der Waals surface area contributed by atoms with Gasteiger partial charge in [0.1, 0.15) is 5.82 Å². The number of benzene rings is 1. The molecule has 3 amide bonds. The van der Waals surface area contributed by atoms with Gasteiger partial charge >= 0.3 is 6.03 Å². The van der Waals surface area contributed by atoms with Crippen molar-refractivity contribution in [3.05, 3.63) is 30.1 Å². The van der Waals surface area contributed by atoms with Crippen LogP contribution in [0.15, 0.2) is 24.3 Å². The van der Waals surface area contributed by atoms with Crippen molar-refractivity contribution in [3.8, 4) is 0 Å². The minimum absolute atomic E-state index is 0.0521. The number of nitrogens with one attached hydrogen (secondary N) is 3. The van der Waals surface area contributed by atoms with Crippen LogP contribution in [0.4, 0.5) is 14.9 Å². The summed E-state index contributed by atoms with van der Waals surface area (Å²) < 4.78 is 12.8. The summed E-state index contributed by atoms with van der Waals surface area (Å²) in [4.78, 5) is 25.7. The largest absolute Gasteiger partial charge is 0.341 e. The van der Waals surface area contributed by atoms with E-state index >= 15 is 0 Å². The molecule has 1 fully saturated rings. The topological polar surface area (TPSA) is 73.5 Å². The van der Waals surface area contributed by atoms with Gasteiger partial charge in [0.25, 0.3) is 0 Å². The number of nitrogens with zero attached hydrogens (tertiary/aromatic N) is 1. The molecule has 2 rings (SSSR count). The van der Waals surface area contributed by atoms with Crippen LogP contribution in [0.3, 0.4) is 0 Å². The van der Waals surface area contributed by atoms with Gasteiger partial charge in [-0.25, -0.2) is 9.18 Å². The highest BCUT2D eigenvalue weighted by Gasteiger charge is 2.26. The van der Waals surface area contributed by atoms with Gasteiger partial charge in [-0.3, -0.25) is 4.79 Å².